The average Bonchev–Trinajstić information content (AvgIpc) is 2.46. The van der Waals surface area contributed by atoms with E-state index in [1.165, 1.54) is 18.2 Å². The van der Waals surface area contributed by atoms with E-state index in [-0.39, 0.29) is 11.7 Å². The molecule has 2 aromatic rings. The summed E-state index contributed by atoms with van der Waals surface area (Å²) in [6, 6.07) is 11.9. The van der Waals surface area contributed by atoms with Crippen molar-refractivity contribution in [2.45, 2.75) is 13.0 Å². The lowest BCUT2D eigenvalue weighted by Gasteiger charge is -2.29. The maximum absolute atomic E-state index is 13.3. The Kier molecular flexibility index (Phi) is 3.14. The van der Waals surface area contributed by atoms with Crippen molar-refractivity contribution in [1.82, 2.24) is 4.90 Å². The highest BCUT2D eigenvalue weighted by Crippen LogP contribution is 2.22. The first-order valence-corrected chi connectivity index (χ1v) is 6.56. The molecule has 4 heteroatoms. The molecule has 2 N–H and O–H groups in total. The molecule has 3 rings (SSSR count). The Hall–Kier alpha value is -2.36. The van der Waals surface area contributed by atoms with Crippen molar-refractivity contribution in [3.05, 3.63) is 65.0 Å². The molecule has 0 fully saturated rings. The molecule has 2 aromatic carbocycles. The van der Waals surface area contributed by atoms with Crippen molar-refractivity contribution in [3.63, 3.8) is 0 Å². The fourth-order valence-electron chi connectivity index (χ4n) is 2.54. The third-order valence-corrected chi connectivity index (χ3v) is 3.65. The van der Waals surface area contributed by atoms with E-state index in [1.807, 2.05) is 24.3 Å². The van der Waals surface area contributed by atoms with Crippen molar-refractivity contribution >= 4 is 11.6 Å². The van der Waals surface area contributed by atoms with E-state index in [1.54, 1.807) is 4.90 Å². The zero-order valence-corrected chi connectivity index (χ0v) is 11.0. The van der Waals surface area contributed by atoms with Crippen LogP contribution in [-0.4, -0.2) is 17.4 Å². The molecule has 0 atom stereocenters. The van der Waals surface area contributed by atoms with Crippen LogP contribution in [0.1, 0.15) is 21.5 Å². The maximum atomic E-state index is 13.3. The Labute approximate surface area is 116 Å². The fourth-order valence-corrected chi connectivity index (χ4v) is 2.54. The van der Waals surface area contributed by atoms with Crippen LogP contribution in [0.4, 0.5) is 10.1 Å². The van der Waals surface area contributed by atoms with E-state index in [9.17, 15) is 9.18 Å². The molecule has 1 aliphatic rings. The maximum Gasteiger partial charge on any atom is 0.254 e. The molecule has 0 bridgehead atoms. The SMILES string of the molecule is Nc1ccc(F)cc1CN1CCc2ccccc2C1=O. The van der Waals surface area contributed by atoms with Crippen LogP contribution >= 0.6 is 0 Å². The van der Waals surface area contributed by atoms with Crippen molar-refractivity contribution in [3.8, 4) is 0 Å². The Morgan fingerprint density at radius 2 is 2.00 bits per heavy atom. The number of nitrogens with zero attached hydrogens (tertiary/aromatic N) is 1. The van der Waals surface area contributed by atoms with Crippen LogP contribution in [0, 0.1) is 5.82 Å². The molecular weight excluding hydrogens is 255 g/mol. The second-order valence-electron chi connectivity index (χ2n) is 4.98. The van der Waals surface area contributed by atoms with Gasteiger partial charge in [-0.15, -0.1) is 0 Å². The summed E-state index contributed by atoms with van der Waals surface area (Å²) in [4.78, 5) is 14.1. The van der Waals surface area contributed by atoms with Crippen molar-refractivity contribution in [2.75, 3.05) is 12.3 Å². The average molecular weight is 270 g/mol. The Morgan fingerprint density at radius 3 is 2.85 bits per heavy atom. The largest absolute Gasteiger partial charge is 0.398 e. The molecule has 0 spiro atoms. The monoisotopic (exact) mass is 270 g/mol. The van der Waals surface area contributed by atoms with Gasteiger partial charge in [-0.25, -0.2) is 4.39 Å². The summed E-state index contributed by atoms with van der Waals surface area (Å²) in [5.74, 6) is -0.352. The number of hydrogen-bond donors (Lipinski definition) is 1. The van der Waals surface area contributed by atoms with E-state index in [0.29, 0.717) is 24.3 Å². The molecule has 20 heavy (non-hydrogen) atoms. The summed E-state index contributed by atoms with van der Waals surface area (Å²) in [6.07, 6.45) is 0.817. The van der Waals surface area contributed by atoms with Gasteiger partial charge in [0.05, 0.1) is 0 Å². The molecule has 0 aromatic heterocycles. The molecule has 0 radical (unpaired) electrons. The van der Waals surface area contributed by atoms with Crippen LogP contribution in [0.15, 0.2) is 42.5 Å². The van der Waals surface area contributed by atoms with Gasteiger partial charge in [0.15, 0.2) is 0 Å². The number of benzene rings is 2. The lowest BCUT2D eigenvalue weighted by atomic mass is 9.98. The number of amides is 1. The summed E-state index contributed by atoms with van der Waals surface area (Å²) in [7, 11) is 0. The minimum atomic E-state index is -0.334. The van der Waals surface area contributed by atoms with Gasteiger partial charge in [0, 0.05) is 24.3 Å². The first kappa shape index (κ1) is 12.7. The van der Waals surface area contributed by atoms with Gasteiger partial charge in [-0.1, -0.05) is 18.2 Å². The number of nitrogen functional groups attached to an aromatic ring is 1. The Balaban J connectivity index is 1.86. The Morgan fingerprint density at radius 1 is 1.20 bits per heavy atom. The van der Waals surface area contributed by atoms with Gasteiger partial charge in [-0.05, 0) is 41.8 Å². The van der Waals surface area contributed by atoms with Gasteiger partial charge < -0.3 is 10.6 Å². The molecule has 0 unspecified atom stereocenters. The number of anilines is 1. The summed E-state index contributed by atoms with van der Waals surface area (Å²) >= 11 is 0. The smallest absolute Gasteiger partial charge is 0.254 e. The number of carbonyl (C=O) groups excluding carboxylic acids is 1. The van der Waals surface area contributed by atoms with Crippen LogP contribution in [-0.2, 0) is 13.0 Å². The van der Waals surface area contributed by atoms with Crippen LogP contribution in [0.2, 0.25) is 0 Å². The summed E-state index contributed by atoms with van der Waals surface area (Å²) in [6.45, 7) is 0.975. The number of nitrogens with two attached hydrogens (primary N) is 1. The highest BCUT2D eigenvalue weighted by molar-refractivity contribution is 5.96. The lowest BCUT2D eigenvalue weighted by Crippen LogP contribution is -2.37. The number of hydrogen-bond acceptors (Lipinski definition) is 2. The van der Waals surface area contributed by atoms with Gasteiger partial charge in [-0.2, -0.15) is 0 Å². The Bertz CT molecular complexity index is 669. The predicted octanol–water partition coefficient (Wildman–Crippen LogP) is 2.61. The minimum absolute atomic E-state index is 0.0180. The highest BCUT2D eigenvalue weighted by Gasteiger charge is 2.24. The first-order chi connectivity index (χ1) is 9.65. The van der Waals surface area contributed by atoms with Crippen LogP contribution in [0.25, 0.3) is 0 Å². The van der Waals surface area contributed by atoms with Crippen molar-refractivity contribution in [1.29, 1.82) is 0 Å². The molecule has 1 amide bonds. The quantitative estimate of drug-likeness (QED) is 0.853. The van der Waals surface area contributed by atoms with Crippen molar-refractivity contribution < 1.29 is 9.18 Å². The van der Waals surface area contributed by atoms with Crippen LogP contribution in [0.3, 0.4) is 0 Å². The number of carbonyl (C=O) groups is 1. The molecule has 0 saturated heterocycles. The van der Waals surface area contributed by atoms with E-state index >= 15 is 0 Å². The zero-order chi connectivity index (χ0) is 14.1. The fraction of sp³-hybridized carbons (Fsp3) is 0.188. The van der Waals surface area contributed by atoms with Crippen LogP contribution in [0.5, 0.6) is 0 Å². The van der Waals surface area contributed by atoms with E-state index < -0.39 is 0 Å². The highest BCUT2D eigenvalue weighted by atomic mass is 19.1. The second kappa shape index (κ2) is 4.96. The molecule has 0 aliphatic carbocycles. The molecular formula is C16H15FN2O. The molecule has 0 saturated carbocycles. The van der Waals surface area contributed by atoms with Crippen molar-refractivity contribution in [2.24, 2.45) is 0 Å². The molecule has 3 nitrogen and oxygen atoms in total. The zero-order valence-electron chi connectivity index (χ0n) is 11.0. The number of halogens is 1. The van der Waals surface area contributed by atoms with Gasteiger partial charge >= 0.3 is 0 Å². The third-order valence-electron chi connectivity index (χ3n) is 3.65. The van der Waals surface area contributed by atoms with E-state index in [0.717, 1.165) is 17.5 Å². The topological polar surface area (TPSA) is 46.3 Å². The summed E-state index contributed by atoms with van der Waals surface area (Å²) < 4.78 is 13.3. The predicted molar refractivity (Wildman–Crippen MR) is 75.7 cm³/mol. The van der Waals surface area contributed by atoms with E-state index in [4.69, 9.17) is 5.73 Å². The number of rotatable bonds is 2. The standard InChI is InChI=1S/C16H15FN2O/c17-13-5-6-15(18)12(9-13)10-19-8-7-11-3-1-2-4-14(11)16(19)20/h1-6,9H,7-8,10,18H2. The molecule has 102 valence electrons. The van der Waals surface area contributed by atoms with Gasteiger partial charge in [0.25, 0.3) is 5.91 Å². The second-order valence-corrected chi connectivity index (χ2v) is 4.98. The normalized spacial score (nSPS) is 14.2. The number of fused-ring (bicyclic) bond motifs is 1. The molecule has 1 aliphatic heterocycles. The summed E-state index contributed by atoms with van der Waals surface area (Å²) in [5, 5.41) is 0. The van der Waals surface area contributed by atoms with Gasteiger partial charge in [-0.3, -0.25) is 4.79 Å². The first-order valence-electron chi connectivity index (χ1n) is 6.56. The van der Waals surface area contributed by atoms with Crippen LogP contribution < -0.4 is 5.73 Å². The minimum Gasteiger partial charge on any atom is -0.398 e. The lowest BCUT2D eigenvalue weighted by molar-refractivity contribution is 0.0727. The summed E-state index contributed by atoms with van der Waals surface area (Å²) in [5.41, 5.74) is 8.81. The molecule has 1 heterocycles. The third kappa shape index (κ3) is 2.25. The van der Waals surface area contributed by atoms with Gasteiger partial charge in [0.1, 0.15) is 5.82 Å². The van der Waals surface area contributed by atoms with Gasteiger partial charge in [0.2, 0.25) is 0 Å². The van der Waals surface area contributed by atoms with E-state index in [2.05, 4.69) is 0 Å².